The van der Waals surface area contributed by atoms with Gasteiger partial charge in [-0.1, -0.05) is 0 Å². The van der Waals surface area contributed by atoms with E-state index in [1.54, 1.807) is 4.68 Å². The first-order valence-corrected chi connectivity index (χ1v) is 5.37. The van der Waals surface area contributed by atoms with Crippen molar-refractivity contribution in [3.05, 3.63) is 41.7 Å². The maximum atomic E-state index is 13.0. The minimum absolute atomic E-state index is 0.150. The Morgan fingerprint density at radius 3 is 2.50 bits per heavy atom. The lowest BCUT2D eigenvalue weighted by molar-refractivity contribution is 0.447. The number of hydrogen-bond donors (Lipinski definition) is 1. The van der Waals surface area contributed by atoms with Crippen molar-refractivity contribution in [3.63, 3.8) is 0 Å². The van der Waals surface area contributed by atoms with Gasteiger partial charge in [0.05, 0.1) is 6.54 Å². The summed E-state index contributed by atoms with van der Waals surface area (Å²) >= 11 is 0. The summed E-state index contributed by atoms with van der Waals surface area (Å²) in [5, 5.41) is 6.71. The van der Waals surface area contributed by atoms with Gasteiger partial charge in [-0.2, -0.15) is 5.10 Å². The SMILES string of the molecule is CCn1ncnc1CNc1cc(F)c(F)c(F)c1. The summed E-state index contributed by atoms with van der Waals surface area (Å²) in [5.74, 6) is -3.30. The van der Waals surface area contributed by atoms with E-state index in [1.807, 2.05) is 6.92 Å². The number of nitrogens with one attached hydrogen (secondary N) is 1. The maximum Gasteiger partial charge on any atom is 0.194 e. The molecule has 18 heavy (non-hydrogen) atoms. The van der Waals surface area contributed by atoms with Gasteiger partial charge >= 0.3 is 0 Å². The zero-order chi connectivity index (χ0) is 13.1. The summed E-state index contributed by atoms with van der Waals surface area (Å²) in [5.41, 5.74) is 0.150. The van der Waals surface area contributed by atoms with E-state index >= 15 is 0 Å². The fourth-order valence-corrected chi connectivity index (χ4v) is 1.53. The molecule has 0 unspecified atom stereocenters. The van der Waals surface area contributed by atoms with Gasteiger partial charge < -0.3 is 5.32 Å². The van der Waals surface area contributed by atoms with Crippen LogP contribution < -0.4 is 5.32 Å². The third kappa shape index (κ3) is 2.44. The van der Waals surface area contributed by atoms with Gasteiger partial charge in [0.1, 0.15) is 12.2 Å². The molecule has 0 radical (unpaired) electrons. The van der Waals surface area contributed by atoms with Gasteiger partial charge in [0.15, 0.2) is 17.5 Å². The summed E-state index contributed by atoms with van der Waals surface area (Å²) in [6.07, 6.45) is 1.40. The Bertz CT molecular complexity index is 530. The number of rotatable bonds is 4. The van der Waals surface area contributed by atoms with E-state index in [1.165, 1.54) is 6.33 Å². The van der Waals surface area contributed by atoms with Crippen LogP contribution >= 0.6 is 0 Å². The van der Waals surface area contributed by atoms with Crippen molar-refractivity contribution in [1.82, 2.24) is 14.8 Å². The van der Waals surface area contributed by atoms with Crippen molar-refractivity contribution in [2.45, 2.75) is 20.0 Å². The number of anilines is 1. The second-order valence-electron chi connectivity index (χ2n) is 3.60. The molecule has 1 aromatic carbocycles. The molecule has 0 aliphatic rings. The molecule has 1 aromatic heterocycles. The molecular formula is C11H11F3N4. The molecule has 1 N–H and O–H groups in total. The Kier molecular flexibility index (Phi) is 3.50. The first-order valence-electron chi connectivity index (χ1n) is 5.37. The van der Waals surface area contributed by atoms with Crippen LogP contribution in [0.4, 0.5) is 18.9 Å². The van der Waals surface area contributed by atoms with Crippen LogP contribution in [0.5, 0.6) is 0 Å². The Balaban J connectivity index is 2.11. The Labute approximate surface area is 101 Å². The molecule has 0 fully saturated rings. The molecule has 7 heteroatoms. The van der Waals surface area contributed by atoms with Crippen molar-refractivity contribution in [2.75, 3.05) is 5.32 Å². The topological polar surface area (TPSA) is 42.7 Å². The molecule has 2 rings (SSSR count). The first-order chi connectivity index (χ1) is 8.61. The van der Waals surface area contributed by atoms with Gasteiger partial charge in [-0.25, -0.2) is 22.8 Å². The highest BCUT2D eigenvalue weighted by atomic mass is 19.2. The Hall–Kier alpha value is -2.05. The van der Waals surface area contributed by atoms with Crippen LogP contribution in [0.15, 0.2) is 18.5 Å². The molecule has 0 atom stereocenters. The van der Waals surface area contributed by atoms with Crippen molar-refractivity contribution in [2.24, 2.45) is 0 Å². The largest absolute Gasteiger partial charge is 0.378 e. The summed E-state index contributed by atoms with van der Waals surface area (Å²) in [7, 11) is 0. The zero-order valence-corrected chi connectivity index (χ0v) is 9.62. The van der Waals surface area contributed by atoms with E-state index in [9.17, 15) is 13.2 Å². The molecule has 0 aliphatic heterocycles. The molecule has 4 nitrogen and oxygen atoms in total. The van der Waals surface area contributed by atoms with Crippen molar-refractivity contribution in [3.8, 4) is 0 Å². The predicted octanol–water partition coefficient (Wildman–Crippen LogP) is 2.33. The number of nitrogens with zero attached hydrogens (tertiary/aromatic N) is 3. The smallest absolute Gasteiger partial charge is 0.194 e. The molecule has 0 saturated heterocycles. The molecule has 0 saturated carbocycles. The van der Waals surface area contributed by atoms with Crippen LogP contribution in [0.3, 0.4) is 0 Å². The minimum atomic E-state index is -1.47. The van der Waals surface area contributed by atoms with E-state index in [2.05, 4.69) is 15.4 Å². The van der Waals surface area contributed by atoms with Crippen LogP contribution in [0.2, 0.25) is 0 Å². The molecule has 1 heterocycles. The molecule has 0 bridgehead atoms. The van der Waals surface area contributed by atoms with E-state index in [0.29, 0.717) is 12.4 Å². The van der Waals surface area contributed by atoms with Gasteiger partial charge in [0, 0.05) is 24.4 Å². The van der Waals surface area contributed by atoms with Crippen LogP contribution in [0.1, 0.15) is 12.7 Å². The Morgan fingerprint density at radius 1 is 1.22 bits per heavy atom. The lowest BCUT2D eigenvalue weighted by Crippen LogP contribution is -2.09. The van der Waals surface area contributed by atoms with Gasteiger partial charge in [-0.15, -0.1) is 0 Å². The Morgan fingerprint density at radius 2 is 1.89 bits per heavy atom. The summed E-state index contributed by atoms with van der Waals surface area (Å²) in [4.78, 5) is 3.99. The van der Waals surface area contributed by atoms with Gasteiger partial charge in [-0.05, 0) is 6.92 Å². The lowest BCUT2D eigenvalue weighted by atomic mass is 10.3. The fraction of sp³-hybridized carbons (Fsp3) is 0.273. The van der Waals surface area contributed by atoms with Gasteiger partial charge in [-0.3, -0.25) is 0 Å². The van der Waals surface area contributed by atoms with Gasteiger partial charge in [0.25, 0.3) is 0 Å². The summed E-state index contributed by atoms with van der Waals surface area (Å²) in [6.45, 7) is 2.79. The third-order valence-electron chi connectivity index (χ3n) is 2.43. The predicted molar refractivity (Wildman–Crippen MR) is 59.3 cm³/mol. The molecule has 0 spiro atoms. The van der Waals surface area contributed by atoms with Crippen LogP contribution in [-0.4, -0.2) is 14.8 Å². The van der Waals surface area contributed by atoms with E-state index in [-0.39, 0.29) is 12.2 Å². The van der Waals surface area contributed by atoms with Crippen molar-refractivity contribution in [1.29, 1.82) is 0 Å². The summed E-state index contributed by atoms with van der Waals surface area (Å²) in [6, 6.07) is 1.79. The molecule has 0 amide bonds. The lowest BCUT2D eigenvalue weighted by Gasteiger charge is -2.07. The third-order valence-corrected chi connectivity index (χ3v) is 2.43. The average molecular weight is 256 g/mol. The number of halogens is 3. The maximum absolute atomic E-state index is 13.0. The van der Waals surface area contributed by atoms with Gasteiger partial charge in [0.2, 0.25) is 0 Å². The highest BCUT2D eigenvalue weighted by Gasteiger charge is 2.11. The van der Waals surface area contributed by atoms with Crippen LogP contribution in [0, 0.1) is 17.5 Å². The second-order valence-corrected chi connectivity index (χ2v) is 3.60. The molecule has 0 aliphatic carbocycles. The standard InChI is InChI=1S/C11H11F3N4/c1-2-18-10(16-6-17-18)5-15-7-3-8(12)11(14)9(13)4-7/h3-4,6,15H,2,5H2,1H3. The number of aryl methyl sites for hydroxylation is 1. The molecular weight excluding hydrogens is 245 g/mol. The first kappa shape index (κ1) is 12.4. The van der Waals surface area contributed by atoms with Crippen molar-refractivity contribution < 1.29 is 13.2 Å². The number of hydrogen-bond acceptors (Lipinski definition) is 3. The van der Waals surface area contributed by atoms with E-state index in [4.69, 9.17) is 0 Å². The van der Waals surface area contributed by atoms with Crippen LogP contribution in [0.25, 0.3) is 0 Å². The van der Waals surface area contributed by atoms with Crippen LogP contribution in [-0.2, 0) is 13.1 Å². The normalized spacial score (nSPS) is 10.7. The monoisotopic (exact) mass is 256 g/mol. The minimum Gasteiger partial charge on any atom is -0.378 e. The van der Waals surface area contributed by atoms with E-state index < -0.39 is 17.5 Å². The summed E-state index contributed by atoms with van der Waals surface area (Å²) < 4.78 is 40.3. The molecule has 96 valence electrons. The highest BCUT2D eigenvalue weighted by Crippen LogP contribution is 2.17. The average Bonchev–Trinajstić information content (AvgIpc) is 2.80. The highest BCUT2D eigenvalue weighted by molar-refractivity contribution is 5.44. The van der Waals surface area contributed by atoms with E-state index in [0.717, 1.165) is 12.1 Å². The molecule has 2 aromatic rings. The quantitative estimate of drug-likeness (QED) is 0.854. The van der Waals surface area contributed by atoms with Crippen molar-refractivity contribution >= 4 is 5.69 Å². The number of benzene rings is 1. The zero-order valence-electron chi connectivity index (χ0n) is 9.62. The number of aromatic nitrogens is 3. The second kappa shape index (κ2) is 5.07. The fourth-order valence-electron chi connectivity index (χ4n) is 1.53.